The molecule has 0 saturated heterocycles. The van der Waals surface area contributed by atoms with Crippen LogP contribution in [0.4, 0.5) is 0 Å². The predicted molar refractivity (Wildman–Crippen MR) is 105 cm³/mol. The summed E-state index contributed by atoms with van der Waals surface area (Å²) in [6.07, 6.45) is 1.73. The molecule has 0 N–H and O–H groups in total. The maximum absolute atomic E-state index is 12.1. The second kappa shape index (κ2) is 8.41. The van der Waals surface area contributed by atoms with Crippen LogP contribution in [0.2, 0.25) is 0 Å². The SMILES string of the molecule is COc1cc(/C=C(/C#N)c2ccccc2OC)ccc1OC(=O)C(C)(C)C. The molecular weight excluding hydrogens is 342 g/mol. The van der Waals surface area contributed by atoms with Crippen molar-refractivity contribution in [2.75, 3.05) is 14.2 Å². The number of esters is 1. The lowest BCUT2D eigenvalue weighted by atomic mass is 9.97. The van der Waals surface area contributed by atoms with E-state index in [-0.39, 0.29) is 5.97 Å². The monoisotopic (exact) mass is 365 g/mol. The molecule has 2 aromatic carbocycles. The minimum absolute atomic E-state index is 0.338. The summed E-state index contributed by atoms with van der Waals surface area (Å²) in [7, 11) is 3.07. The van der Waals surface area contributed by atoms with Crippen molar-refractivity contribution in [1.29, 1.82) is 5.26 Å². The molecule has 0 spiro atoms. The van der Waals surface area contributed by atoms with Crippen LogP contribution >= 0.6 is 0 Å². The van der Waals surface area contributed by atoms with Gasteiger partial charge in [-0.25, -0.2) is 0 Å². The summed E-state index contributed by atoms with van der Waals surface area (Å²) >= 11 is 0. The van der Waals surface area contributed by atoms with Crippen LogP contribution in [0.5, 0.6) is 17.2 Å². The quantitative estimate of drug-likeness (QED) is 0.332. The third kappa shape index (κ3) is 4.89. The van der Waals surface area contributed by atoms with Gasteiger partial charge in [-0.1, -0.05) is 18.2 Å². The Morgan fingerprint density at radius 2 is 1.67 bits per heavy atom. The van der Waals surface area contributed by atoms with Crippen molar-refractivity contribution in [3.05, 3.63) is 53.6 Å². The van der Waals surface area contributed by atoms with Gasteiger partial charge in [-0.05, 0) is 56.7 Å². The number of rotatable bonds is 5. The van der Waals surface area contributed by atoms with Crippen molar-refractivity contribution in [2.24, 2.45) is 5.41 Å². The second-order valence-electron chi connectivity index (χ2n) is 6.92. The van der Waals surface area contributed by atoms with Crippen molar-refractivity contribution in [2.45, 2.75) is 20.8 Å². The minimum atomic E-state index is -0.624. The molecule has 0 unspecified atom stereocenters. The van der Waals surface area contributed by atoms with Gasteiger partial charge in [0.05, 0.1) is 31.3 Å². The van der Waals surface area contributed by atoms with Crippen molar-refractivity contribution in [3.8, 4) is 23.3 Å². The zero-order valence-corrected chi connectivity index (χ0v) is 16.2. The van der Waals surface area contributed by atoms with Gasteiger partial charge < -0.3 is 14.2 Å². The molecule has 0 atom stereocenters. The summed E-state index contributed by atoms with van der Waals surface area (Å²) in [6, 6.07) is 14.7. The van der Waals surface area contributed by atoms with Crippen LogP contribution in [-0.4, -0.2) is 20.2 Å². The standard InChI is InChI=1S/C22H23NO4/c1-22(2,3)21(24)27-19-11-10-15(13-20(19)26-5)12-16(14-23)17-8-6-7-9-18(17)25-4/h6-13H,1-5H3/b16-12-. The number of ether oxygens (including phenoxy) is 3. The van der Waals surface area contributed by atoms with Gasteiger partial charge in [0.1, 0.15) is 5.75 Å². The smallest absolute Gasteiger partial charge is 0.316 e. The van der Waals surface area contributed by atoms with E-state index in [0.29, 0.717) is 28.4 Å². The highest BCUT2D eigenvalue weighted by molar-refractivity contribution is 5.92. The average Bonchev–Trinajstić information content (AvgIpc) is 2.66. The third-order valence-electron chi connectivity index (χ3n) is 3.83. The molecule has 0 bridgehead atoms. The van der Waals surface area contributed by atoms with E-state index in [9.17, 15) is 10.1 Å². The zero-order valence-electron chi connectivity index (χ0n) is 16.2. The first-order chi connectivity index (χ1) is 12.8. The van der Waals surface area contributed by atoms with Crippen LogP contribution < -0.4 is 14.2 Å². The minimum Gasteiger partial charge on any atom is -0.496 e. The molecule has 27 heavy (non-hydrogen) atoms. The van der Waals surface area contributed by atoms with Crippen LogP contribution in [0, 0.1) is 16.7 Å². The number of benzene rings is 2. The van der Waals surface area contributed by atoms with Gasteiger partial charge in [0.25, 0.3) is 0 Å². The van der Waals surface area contributed by atoms with Gasteiger partial charge in [-0.2, -0.15) is 5.26 Å². The van der Waals surface area contributed by atoms with E-state index in [0.717, 1.165) is 5.56 Å². The first-order valence-electron chi connectivity index (χ1n) is 8.45. The molecule has 0 aromatic heterocycles. The van der Waals surface area contributed by atoms with E-state index < -0.39 is 5.41 Å². The van der Waals surface area contributed by atoms with Gasteiger partial charge in [0.2, 0.25) is 0 Å². The molecule has 5 nitrogen and oxygen atoms in total. The molecule has 0 heterocycles. The average molecular weight is 365 g/mol. The number of hydrogen-bond acceptors (Lipinski definition) is 5. The number of methoxy groups -OCH3 is 2. The number of carbonyl (C=O) groups is 1. The molecule has 5 heteroatoms. The Kier molecular flexibility index (Phi) is 6.25. The van der Waals surface area contributed by atoms with E-state index in [1.165, 1.54) is 7.11 Å². The molecule has 0 radical (unpaired) electrons. The van der Waals surface area contributed by atoms with Gasteiger partial charge in [-0.3, -0.25) is 4.79 Å². The normalized spacial score (nSPS) is 11.5. The molecule has 0 saturated carbocycles. The van der Waals surface area contributed by atoms with Crippen molar-refractivity contribution < 1.29 is 19.0 Å². The van der Waals surface area contributed by atoms with E-state index >= 15 is 0 Å². The third-order valence-corrected chi connectivity index (χ3v) is 3.83. The summed E-state index contributed by atoms with van der Waals surface area (Å²) in [4.78, 5) is 12.1. The molecule has 2 rings (SSSR count). The van der Waals surface area contributed by atoms with E-state index in [4.69, 9.17) is 14.2 Å². The Bertz CT molecular complexity index is 901. The number of para-hydroxylation sites is 1. The Hall–Kier alpha value is -3.26. The molecule has 0 aliphatic heterocycles. The van der Waals surface area contributed by atoms with Crippen LogP contribution in [0.3, 0.4) is 0 Å². The predicted octanol–water partition coefficient (Wildman–Crippen LogP) is 4.72. The summed E-state index contributed by atoms with van der Waals surface area (Å²) in [5.41, 5.74) is 1.27. The molecular formula is C22H23NO4. The first kappa shape index (κ1) is 20.1. The number of carbonyl (C=O) groups excluding carboxylic acids is 1. The van der Waals surface area contributed by atoms with Crippen molar-refractivity contribution in [3.63, 3.8) is 0 Å². The highest BCUT2D eigenvalue weighted by Crippen LogP contribution is 2.32. The summed E-state index contributed by atoms with van der Waals surface area (Å²) in [5.74, 6) is 1.02. The topological polar surface area (TPSA) is 68.6 Å². The number of hydrogen-bond donors (Lipinski definition) is 0. The number of nitrogens with zero attached hydrogens (tertiary/aromatic N) is 1. The van der Waals surface area contributed by atoms with Gasteiger partial charge >= 0.3 is 5.97 Å². The van der Waals surface area contributed by atoms with Gasteiger partial charge in [-0.15, -0.1) is 0 Å². The van der Waals surface area contributed by atoms with E-state index in [1.54, 1.807) is 58.2 Å². The summed E-state index contributed by atoms with van der Waals surface area (Å²) in [5, 5.41) is 9.58. The fourth-order valence-electron chi connectivity index (χ4n) is 2.32. The van der Waals surface area contributed by atoms with Crippen LogP contribution in [0.1, 0.15) is 31.9 Å². The van der Waals surface area contributed by atoms with E-state index in [1.807, 2.05) is 18.2 Å². The molecule has 0 amide bonds. The second-order valence-corrected chi connectivity index (χ2v) is 6.92. The Morgan fingerprint density at radius 3 is 2.26 bits per heavy atom. The summed E-state index contributed by atoms with van der Waals surface area (Å²) in [6.45, 7) is 5.35. The van der Waals surface area contributed by atoms with Gasteiger partial charge in [0, 0.05) is 5.56 Å². The Morgan fingerprint density at radius 1 is 1.00 bits per heavy atom. The Labute approximate surface area is 159 Å². The van der Waals surface area contributed by atoms with Crippen LogP contribution in [0.25, 0.3) is 11.6 Å². The highest BCUT2D eigenvalue weighted by Gasteiger charge is 2.25. The maximum Gasteiger partial charge on any atom is 0.316 e. The lowest BCUT2D eigenvalue weighted by molar-refractivity contribution is -0.143. The number of nitriles is 1. The van der Waals surface area contributed by atoms with Crippen LogP contribution in [-0.2, 0) is 4.79 Å². The van der Waals surface area contributed by atoms with Gasteiger partial charge in [0.15, 0.2) is 11.5 Å². The van der Waals surface area contributed by atoms with Crippen LogP contribution in [0.15, 0.2) is 42.5 Å². The molecule has 0 aliphatic carbocycles. The molecule has 2 aromatic rings. The zero-order chi connectivity index (χ0) is 20.0. The Balaban J connectivity index is 2.40. The lowest BCUT2D eigenvalue weighted by Gasteiger charge is -2.17. The molecule has 0 fully saturated rings. The van der Waals surface area contributed by atoms with E-state index in [2.05, 4.69) is 6.07 Å². The molecule has 0 aliphatic rings. The first-order valence-corrected chi connectivity index (χ1v) is 8.45. The lowest BCUT2D eigenvalue weighted by Crippen LogP contribution is -2.25. The van der Waals surface area contributed by atoms with Crippen molar-refractivity contribution >= 4 is 17.6 Å². The molecule has 140 valence electrons. The maximum atomic E-state index is 12.1. The summed E-state index contributed by atoms with van der Waals surface area (Å²) < 4.78 is 16.1. The largest absolute Gasteiger partial charge is 0.496 e. The number of allylic oxidation sites excluding steroid dienone is 1. The van der Waals surface area contributed by atoms with Crippen molar-refractivity contribution in [1.82, 2.24) is 0 Å². The fraction of sp³-hybridized carbons (Fsp3) is 0.273. The fourth-order valence-corrected chi connectivity index (χ4v) is 2.32. The highest BCUT2D eigenvalue weighted by atomic mass is 16.6.